The van der Waals surface area contributed by atoms with Gasteiger partial charge in [-0.25, -0.2) is 0 Å². The van der Waals surface area contributed by atoms with Crippen molar-refractivity contribution in [1.82, 2.24) is 10.3 Å². The predicted molar refractivity (Wildman–Crippen MR) is 90.0 cm³/mol. The van der Waals surface area contributed by atoms with E-state index in [1.807, 2.05) is 31.2 Å². The third-order valence-corrected chi connectivity index (χ3v) is 4.79. The molecule has 0 fully saturated rings. The summed E-state index contributed by atoms with van der Waals surface area (Å²) in [7, 11) is 3.04. The summed E-state index contributed by atoms with van der Waals surface area (Å²) in [6.45, 7) is 2.25. The SMILES string of the molecule is COC(CNC(=O)C1CC(=O)c2[nH]c3ccccc3c2C1C)OC. The number of fused-ring (bicyclic) bond motifs is 3. The summed E-state index contributed by atoms with van der Waals surface area (Å²) >= 11 is 0. The average Bonchev–Trinajstić information content (AvgIpc) is 2.99. The van der Waals surface area contributed by atoms with Gasteiger partial charge in [0, 0.05) is 31.5 Å². The lowest BCUT2D eigenvalue weighted by Crippen LogP contribution is -2.41. The molecular formula is C18H22N2O4. The van der Waals surface area contributed by atoms with Crippen molar-refractivity contribution in [2.45, 2.75) is 25.6 Å². The number of H-pyrrole nitrogens is 1. The Balaban J connectivity index is 1.85. The molecule has 3 rings (SSSR count). The van der Waals surface area contributed by atoms with Gasteiger partial charge in [0.15, 0.2) is 12.1 Å². The minimum Gasteiger partial charge on any atom is -0.354 e. The van der Waals surface area contributed by atoms with Crippen LogP contribution in [0.3, 0.4) is 0 Å². The average molecular weight is 330 g/mol. The molecule has 0 bridgehead atoms. The van der Waals surface area contributed by atoms with Gasteiger partial charge in [0.2, 0.25) is 5.91 Å². The van der Waals surface area contributed by atoms with Crippen molar-refractivity contribution < 1.29 is 19.1 Å². The Morgan fingerprint density at radius 1 is 1.33 bits per heavy atom. The number of hydrogen-bond acceptors (Lipinski definition) is 4. The number of carbonyl (C=O) groups excluding carboxylic acids is 2. The molecule has 1 aliphatic carbocycles. The highest BCUT2D eigenvalue weighted by Crippen LogP contribution is 2.40. The van der Waals surface area contributed by atoms with Gasteiger partial charge in [-0.1, -0.05) is 25.1 Å². The van der Waals surface area contributed by atoms with Gasteiger partial charge in [-0.2, -0.15) is 0 Å². The van der Waals surface area contributed by atoms with Gasteiger partial charge in [-0.15, -0.1) is 0 Å². The number of rotatable bonds is 5. The summed E-state index contributed by atoms with van der Waals surface area (Å²) in [6.07, 6.45) is -0.288. The fourth-order valence-corrected chi connectivity index (χ4v) is 3.43. The van der Waals surface area contributed by atoms with E-state index in [9.17, 15) is 9.59 Å². The van der Waals surface area contributed by atoms with Crippen LogP contribution in [0.15, 0.2) is 24.3 Å². The van der Waals surface area contributed by atoms with Crippen molar-refractivity contribution in [1.29, 1.82) is 0 Å². The second-order valence-electron chi connectivity index (χ2n) is 6.13. The molecule has 0 radical (unpaired) electrons. The lowest BCUT2D eigenvalue weighted by Gasteiger charge is -2.28. The van der Waals surface area contributed by atoms with E-state index in [4.69, 9.17) is 9.47 Å². The van der Waals surface area contributed by atoms with Crippen LogP contribution in [0.1, 0.15) is 35.3 Å². The van der Waals surface area contributed by atoms with E-state index < -0.39 is 12.2 Å². The maximum atomic E-state index is 12.6. The number of para-hydroxylation sites is 1. The molecule has 0 saturated heterocycles. The van der Waals surface area contributed by atoms with Crippen molar-refractivity contribution in [3.8, 4) is 0 Å². The molecule has 1 aromatic carbocycles. The number of ether oxygens (including phenoxy) is 2. The monoisotopic (exact) mass is 330 g/mol. The molecule has 2 atom stereocenters. The first kappa shape index (κ1) is 16.7. The highest BCUT2D eigenvalue weighted by atomic mass is 16.7. The molecule has 0 aliphatic heterocycles. The topological polar surface area (TPSA) is 80.4 Å². The van der Waals surface area contributed by atoms with Gasteiger partial charge >= 0.3 is 0 Å². The van der Waals surface area contributed by atoms with E-state index in [2.05, 4.69) is 10.3 Å². The lowest BCUT2D eigenvalue weighted by molar-refractivity contribution is -0.131. The van der Waals surface area contributed by atoms with Gasteiger partial charge in [-0.3, -0.25) is 9.59 Å². The zero-order valence-corrected chi connectivity index (χ0v) is 14.1. The molecule has 1 amide bonds. The number of hydrogen-bond donors (Lipinski definition) is 2. The quantitative estimate of drug-likeness (QED) is 0.824. The number of aromatic nitrogens is 1. The van der Waals surface area contributed by atoms with Gasteiger partial charge in [0.1, 0.15) is 0 Å². The molecule has 0 saturated carbocycles. The number of benzene rings is 1. The summed E-state index contributed by atoms with van der Waals surface area (Å²) in [5.41, 5.74) is 2.51. The molecule has 0 spiro atoms. The molecular weight excluding hydrogens is 308 g/mol. The Morgan fingerprint density at radius 3 is 2.75 bits per heavy atom. The highest BCUT2D eigenvalue weighted by Gasteiger charge is 2.38. The third-order valence-electron chi connectivity index (χ3n) is 4.79. The van der Waals surface area contributed by atoms with Crippen LogP contribution in [0.25, 0.3) is 10.9 Å². The number of methoxy groups -OCH3 is 2. The second-order valence-corrected chi connectivity index (χ2v) is 6.13. The summed E-state index contributed by atoms with van der Waals surface area (Å²) in [5, 5.41) is 3.84. The molecule has 2 N–H and O–H groups in total. The molecule has 1 aromatic heterocycles. The molecule has 128 valence electrons. The smallest absolute Gasteiger partial charge is 0.224 e. The molecule has 1 heterocycles. The number of carbonyl (C=O) groups is 2. The zero-order chi connectivity index (χ0) is 17.3. The summed E-state index contributed by atoms with van der Waals surface area (Å²) in [6, 6.07) is 7.81. The molecule has 2 unspecified atom stereocenters. The van der Waals surface area contributed by atoms with Crippen LogP contribution < -0.4 is 5.32 Å². The maximum absolute atomic E-state index is 12.6. The summed E-state index contributed by atoms with van der Waals surface area (Å²) < 4.78 is 10.2. The lowest BCUT2D eigenvalue weighted by atomic mass is 9.76. The van der Waals surface area contributed by atoms with Crippen molar-refractivity contribution >= 4 is 22.6 Å². The van der Waals surface area contributed by atoms with Crippen molar-refractivity contribution in [2.24, 2.45) is 5.92 Å². The Bertz CT molecular complexity index is 763. The van der Waals surface area contributed by atoms with Crippen LogP contribution in [0.2, 0.25) is 0 Å². The largest absolute Gasteiger partial charge is 0.354 e. The standard InChI is InChI=1S/C18H22N2O4/c1-10-12(18(22)19-9-15(23-2)24-3)8-14(21)17-16(10)11-6-4-5-7-13(11)20-17/h4-7,10,12,15,20H,8-9H2,1-3H3,(H,19,22). The Labute approximate surface area is 140 Å². The Kier molecular flexibility index (Phi) is 4.69. The first-order chi connectivity index (χ1) is 11.6. The first-order valence-electron chi connectivity index (χ1n) is 8.04. The number of nitrogens with one attached hydrogen (secondary N) is 2. The number of aromatic amines is 1. The fraction of sp³-hybridized carbons (Fsp3) is 0.444. The molecule has 24 heavy (non-hydrogen) atoms. The predicted octanol–water partition coefficient (Wildman–Crippen LogP) is 2.21. The normalized spacial score (nSPS) is 20.4. The molecule has 6 heteroatoms. The number of Topliss-reactive ketones (excluding diaryl/α,β-unsaturated/α-hetero) is 1. The van der Waals surface area contributed by atoms with Crippen LogP contribution in [0.5, 0.6) is 0 Å². The summed E-state index contributed by atoms with van der Waals surface area (Å²) in [4.78, 5) is 28.3. The highest BCUT2D eigenvalue weighted by molar-refractivity contribution is 6.06. The number of amides is 1. The minimum atomic E-state index is -0.493. The van der Waals surface area contributed by atoms with Gasteiger partial charge < -0.3 is 19.8 Å². The van der Waals surface area contributed by atoms with E-state index in [0.29, 0.717) is 5.69 Å². The molecule has 2 aromatic rings. The van der Waals surface area contributed by atoms with E-state index in [1.165, 1.54) is 14.2 Å². The van der Waals surface area contributed by atoms with Crippen molar-refractivity contribution in [2.75, 3.05) is 20.8 Å². The van der Waals surface area contributed by atoms with Crippen molar-refractivity contribution in [3.05, 3.63) is 35.5 Å². The van der Waals surface area contributed by atoms with E-state index in [1.54, 1.807) is 0 Å². The van der Waals surface area contributed by atoms with Crippen LogP contribution in [0, 0.1) is 5.92 Å². The maximum Gasteiger partial charge on any atom is 0.224 e. The van der Waals surface area contributed by atoms with Gasteiger partial charge in [0.05, 0.1) is 18.2 Å². The van der Waals surface area contributed by atoms with Crippen LogP contribution in [-0.4, -0.2) is 43.7 Å². The molecule has 6 nitrogen and oxygen atoms in total. The van der Waals surface area contributed by atoms with Gasteiger partial charge in [0.25, 0.3) is 0 Å². The number of ketones is 1. The molecule has 1 aliphatic rings. The first-order valence-corrected chi connectivity index (χ1v) is 8.04. The van der Waals surface area contributed by atoms with Gasteiger partial charge in [-0.05, 0) is 17.5 Å². The van der Waals surface area contributed by atoms with Crippen LogP contribution >= 0.6 is 0 Å². The van der Waals surface area contributed by atoms with Crippen molar-refractivity contribution in [3.63, 3.8) is 0 Å². The fourth-order valence-electron chi connectivity index (χ4n) is 3.43. The minimum absolute atomic E-state index is 0.0190. The van der Waals surface area contributed by atoms with E-state index >= 15 is 0 Å². The Hall–Kier alpha value is -2.18. The summed E-state index contributed by atoms with van der Waals surface area (Å²) in [5.74, 6) is -0.601. The van der Waals surface area contributed by atoms with Crippen LogP contribution in [-0.2, 0) is 14.3 Å². The zero-order valence-electron chi connectivity index (χ0n) is 14.1. The second kappa shape index (κ2) is 6.75. The van der Waals surface area contributed by atoms with E-state index in [-0.39, 0.29) is 30.6 Å². The third kappa shape index (κ3) is 2.83. The Morgan fingerprint density at radius 2 is 2.04 bits per heavy atom. The van der Waals surface area contributed by atoms with Crippen LogP contribution in [0.4, 0.5) is 0 Å². The van der Waals surface area contributed by atoms with E-state index in [0.717, 1.165) is 16.5 Å².